The van der Waals surface area contributed by atoms with Crippen LogP contribution < -0.4 is 0 Å². The topological polar surface area (TPSA) is 27.0 Å². The third-order valence-corrected chi connectivity index (χ3v) is 5.06. The summed E-state index contributed by atoms with van der Waals surface area (Å²) in [7, 11) is 0. The standard InChI is InChI=1S/C16H28N2/c1-3-15-7-5-4-6-10-18(15)16-11-13(2)8-9-14(16)12-17/h13-16H,3-11H2,1-2H3. The molecule has 4 atom stereocenters. The molecule has 1 aliphatic heterocycles. The number of rotatable bonds is 2. The van der Waals surface area contributed by atoms with Crippen molar-refractivity contribution in [3.63, 3.8) is 0 Å². The largest absolute Gasteiger partial charge is 0.296 e. The molecule has 0 radical (unpaired) electrons. The molecule has 1 aliphatic carbocycles. The molecule has 0 aromatic heterocycles. The predicted molar refractivity (Wildman–Crippen MR) is 75.2 cm³/mol. The molecule has 18 heavy (non-hydrogen) atoms. The fraction of sp³-hybridized carbons (Fsp3) is 0.938. The highest BCUT2D eigenvalue weighted by Gasteiger charge is 2.36. The highest BCUT2D eigenvalue weighted by molar-refractivity contribution is 4.98. The molecule has 0 aromatic rings. The van der Waals surface area contributed by atoms with E-state index in [1.807, 2.05) is 0 Å². The first kappa shape index (κ1) is 13.9. The summed E-state index contributed by atoms with van der Waals surface area (Å²) < 4.78 is 0. The van der Waals surface area contributed by atoms with E-state index in [0.717, 1.165) is 18.4 Å². The molecule has 1 saturated carbocycles. The van der Waals surface area contributed by atoms with Crippen LogP contribution in [-0.4, -0.2) is 23.5 Å². The number of hydrogen-bond acceptors (Lipinski definition) is 2. The van der Waals surface area contributed by atoms with Crippen LogP contribution in [0.25, 0.3) is 0 Å². The first-order valence-electron chi connectivity index (χ1n) is 7.91. The lowest BCUT2D eigenvalue weighted by atomic mass is 9.78. The van der Waals surface area contributed by atoms with Crippen molar-refractivity contribution in [2.45, 2.75) is 77.3 Å². The Morgan fingerprint density at radius 1 is 1.17 bits per heavy atom. The second-order valence-electron chi connectivity index (χ2n) is 6.37. The average molecular weight is 248 g/mol. The molecule has 2 aliphatic rings. The smallest absolute Gasteiger partial charge is 0.0672 e. The van der Waals surface area contributed by atoms with Gasteiger partial charge in [0.05, 0.1) is 12.0 Å². The summed E-state index contributed by atoms with van der Waals surface area (Å²) >= 11 is 0. The van der Waals surface area contributed by atoms with E-state index >= 15 is 0 Å². The first-order valence-corrected chi connectivity index (χ1v) is 7.91. The van der Waals surface area contributed by atoms with Crippen LogP contribution in [0.3, 0.4) is 0 Å². The van der Waals surface area contributed by atoms with E-state index in [4.69, 9.17) is 0 Å². The van der Waals surface area contributed by atoms with Crippen molar-refractivity contribution in [3.05, 3.63) is 0 Å². The molecule has 2 heteroatoms. The van der Waals surface area contributed by atoms with Gasteiger partial charge in [0, 0.05) is 12.1 Å². The lowest BCUT2D eigenvalue weighted by molar-refractivity contribution is 0.0653. The minimum absolute atomic E-state index is 0.286. The van der Waals surface area contributed by atoms with Crippen LogP contribution in [0.2, 0.25) is 0 Å². The predicted octanol–water partition coefficient (Wildman–Crippen LogP) is 3.97. The molecule has 0 spiro atoms. The Bertz CT molecular complexity index is 294. The molecule has 1 saturated heterocycles. The summed E-state index contributed by atoms with van der Waals surface area (Å²) in [6.07, 6.45) is 10.3. The molecule has 0 N–H and O–H groups in total. The SMILES string of the molecule is CCC1CCCCCN1C1CC(C)CCC1C#N. The monoisotopic (exact) mass is 248 g/mol. The maximum absolute atomic E-state index is 9.43. The summed E-state index contributed by atoms with van der Waals surface area (Å²) in [5.41, 5.74) is 0. The van der Waals surface area contributed by atoms with E-state index in [9.17, 15) is 5.26 Å². The summed E-state index contributed by atoms with van der Waals surface area (Å²) in [4.78, 5) is 2.72. The zero-order valence-electron chi connectivity index (χ0n) is 12.1. The number of nitrogens with zero attached hydrogens (tertiary/aromatic N) is 2. The molecule has 2 fully saturated rings. The van der Waals surface area contributed by atoms with Gasteiger partial charge in [0.25, 0.3) is 0 Å². The van der Waals surface area contributed by atoms with Crippen molar-refractivity contribution in [3.8, 4) is 6.07 Å². The molecular formula is C16H28N2. The normalized spacial score (nSPS) is 38.9. The second kappa shape index (κ2) is 6.57. The van der Waals surface area contributed by atoms with E-state index in [1.165, 1.54) is 51.5 Å². The lowest BCUT2D eigenvalue weighted by Gasteiger charge is -2.42. The quantitative estimate of drug-likeness (QED) is 0.739. The zero-order chi connectivity index (χ0) is 13.0. The van der Waals surface area contributed by atoms with Gasteiger partial charge in [-0.15, -0.1) is 0 Å². The van der Waals surface area contributed by atoms with Gasteiger partial charge in [-0.2, -0.15) is 5.26 Å². The molecule has 0 amide bonds. The van der Waals surface area contributed by atoms with Crippen molar-refractivity contribution < 1.29 is 0 Å². The van der Waals surface area contributed by atoms with E-state index in [0.29, 0.717) is 6.04 Å². The Kier molecular flexibility index (Phi) is 5.06. The van der Waals surface area contributed by atoms with Crippen LogP contribution in [-0.2, 0) is 0 Å². The highest BCUT2D eigenvalue weighted by atomic mass is 15.2. The summed E-state index contributed by atoms with van der Waals surface area (Å²) in [5, 5.41) is 9.43. The molecule has 0 bridgehead atoms. The van der Waals surface area contributed by atoms with Gasteiger partial charge < -0.3 is 0 Å². The Morgan fingerprint density at radius 3 is 2.72 bits per heavy atom. The Labute approximate surface area is 112 Å². The number of nitriles is 1. The van der Waals surface area contributed by atoms with Crippen LogP contribution in [0.15, 0.2) is 0 Å². The van der Waals surface area contributed by atoms with Gasteiger partial charge in [-0.25, -0.2) is 0 Å². The van der Waals surface area contributed by atoms with Crippen LogP contribution >= 0.6 is 0 Å². The van der Waals surface area contributed by atoms with Crippen LogP contribution in [0.1, 0.15) is 65.2 Å². The molecule has 4 unspecified atom stereocenters. The second-order valence-corrected chi connectivity index (χ2v) is 6.37. The molecule has 102 valence electrons. The van der Waals surface area contributed by atoms with Gasteiger partial charge in [0.1, 0.15) is 0 Å². The Hall–Kier alpha value is -0.550. The van der Waals surface area contributed by atoms with E-state index in [2.05, 4.69) is 24.8 Å². The van der Waals surface area contributed by atoms with Gasteiger partial charge in [-0.3, -0.25) is 4.90 Å². The van der Waals surface area contributed by atoms with Gasteiger partial charge >= 0.3 is 0 Å². The van der Waals surface area contributed by atoms with Gasteiger partial charge in [0.2, 0.25) is 0 Å². The van der Waals surface area contributed by atoms with Crippen LogP contribution in [0, 0.1) is 23.2 Å². The van der Waals surface area contributed by atoms with Crippen molar-refractivity contribution in [2.24, 2.45) is 11.8 Å². The summed E-state index contributed by atoms with van der Waals surface area (Å²) in [6.45, 7) is 5.91. The van der Waals surface area contributed by atoms with Crippen molar-refractivity contribution in [1.29, 1.82) is 5.26 Å². The third-order valence-electron chi connectivity index (χ3n) is 5.06. The number of hydrogen-bond donors (Lipinski definition) is 0. The van der Waals surface area contributed by atoms with Crippen molar-refractivity contribution >= 4 is 0 Å². The lowest BCUT2D eigenvalue weighted by Crippen LogP contribution is -2.48. The van der Waals surface area contributed by atoms with Gasteiger partial charge in [-0.05, 0) is 51.0 Å². The number of likely N-dealkylation sites (tertiary alicyclic amines) is 1. The van der Waals surface area contributed by atoms with E-state index in [1.54, 1.807) is 0 Å². The van der Waals surface area contributed by atoms with E-state index in [-0.39, 0.29) is 5.92 Å². The third kappa shape index (κ3) is 3.06. The van der Waals surface area contributed by atoms with Crippen LogP contribution in [0.5, 0.6) is 0 Å². The highest BCUT2D eigenvalue weighted by Crippen LogP contribution is 2.35. The van der Waals surface area contributed by atoms with Gasteiger partial charge in [0.15, 0.2) is 0 Å². The molecule has 0 aromatic carbocycles. The maximum Gasteiger partial charge on any atom is 0.0672 e. The average Bonchev–Trinajstić information content (AvgIpc) is 2.63. The molecule has 1 heterocycles. The minimum Gasteiger partial charge on any atom is -0.296 e. The molecule has 2 nitrogen and oxygen atoms in total. The van der Waals surface area contributed by atoms with E-state index < -0.39 is 0 Å². The minimum atomic E-state index is 0.286. The van der Waals surface area contributed by atoms with Gasteiger partial charge in [-0.1, -0.05) is 26.7 Å². The molecule has 2 rings (SSSR count). The Balaban J connectivity index is 2.11. The Morgan fingerprint density at radius 2 is 2.00 bits per heavy atom. The van der Waals surface area contributed by atoms with Crippen molar-refractivity contribution in [1.82, 2.24) is 4.90 Å². The molecular weight excluding hydrogens is 220 g/mol. The zero-order valence-corrected chi connectivity index (χ0v) is 12.1. The first-order chi connectivity index (χ1) is 8.76. The fourth-order valence-corrected chi connectivity index (χ4v) is 3.94. The summed E-state index contributed by atoms with van der Waals surface area (Å²) in [5.74, 6) is 1.09. The fourth-order valence-electron chi connectivity index (χ4n) is 3.94. The van der Waals surface area contributed by atoms with Crippen molar-refractivity contribution in [2.75, 3.05) is 6.54 Å². The van der Waals surface area contributed by atoms with Crippen LogP contribution in [0.4, 0.5) is 0 Å². The summed E-state index contributed by atoms with van der Waals surface area (Å²) in [6, 6.07) is 3.87. The maximum atomic E-state index is 9.43.